The third-order valence-corrected chi connectivity index (χ3v) is 9.57. The fourth-order valence-electron chi connectivity index (χ4n) is 6.02. The van der Waals surface area contributed by atoms with E-state index in [4.69, 9.17) is 0 Å². The topological polar surface area (TPSA) is 12.9 Å². The molecule has 0 N–H and O–H groups in total. The smallest absolute Gasteiger partial charge is 0.245 e. The highest BCUT2D eigenvalue weighted by Gasteiger charge is 2.30. The molecule has 8 aromatic rings. The number of alkyl halides is 3. The van der Waals surface area contributed by atoms with Crippen molar-refractivity contribution in [1.29, 1.82) is 0 Å². The Morgan fingerprint density at radius 1 is 0.467 bits per heavy atom. The number of hydrogen-bond acceptors (Lipinski definition) is 2. The molecule has 0 aliphatic heterocycles. The molecule has 8 rings (SSSR count). The van der Waals surface area contributed by atoms with Crippen molar-refractivity contribution in [3.05, 3.63) is 151 Å². The van der Waals surface area contributed by atoms with Crippen LogP contribution in [0.2, 0.25) is 0 Å². The zero-order chi connectivity index (χ0) is 30.5. The van der Waals surface area contributed by atoms with Crippen LogP contribution < -0.4 is 0 Å². The van der Waals surface area contributed by atoms with Crippen LogP contribution in [0.4, 0.5) is 13.2 Å². The van der Waals surface area contributed by atoms with E-state index >= 15 is 0 Å². The molecule has 0 bridgehead atoms. The molecule has 6 aromatic carbocycles. The van der Waals surface area contributed by atoms with Gasteiger partial charge in [0, 0.05) is 21.7 Å². The molecular weight excluding hydrogens is 584 g/mol. The molecule has 216 valence electrons. The van der Waals surface area contributed by atoms with E-state index < -0.39 is 11.7 Å². The van der Waals surface area contributed by atoms with Gasteiger partial charge in [-0.05, 0) is 91.7 Å². The van der Waals surface area contributed by atoms with E-state index in [-0.39, 0.29) is 0 Å². The van der Waals surface area contributed by atoms with Gasteiger partial charge in [0.15, 0.2) is 0 Å². The van der Waals surface area contributed by atoms with Crippen molar-refractivity contribution in [1.82, 2.24) is 4.98 Å². The number of fused-ring (bicyclic) bond motifs is 4. The van der Waals surface area contributed by atoms with Gasteiger partial charge >= 0.3 is 6.18 Å². The summed E-state index contributed by atoms with van der Waals surface area (Å²) < 4.78 is 40.1. The Balaban J connectivity index is 1.07. The van der Waals surface area contributed by atoms with Gasteiger partial charge in [-0.25, -0.2) is 4.98 Å². The van der Waals surface area contributed by atoms with Gasteiger partial charge in [0.1, 0.15) is 4.83 Å². The maximum Gasteiger partial charge on any atom is 0.416 e. The first-order valence-corrected chi connectivity index (χ1v) is 15.4. The van der Waals surface area contributed by atoms with Gasteiger partial charge in [-0.15, -0.1) is 11.3 Å². The van der Waals surface area contributed by atoms with E-state index in [9.17, 15) is 13.2 Å². The van der Waals surface area contributed by atoms with Crippen LogP contribution in [0, 0.1) is 0 Å². The summed E-state index contributed by atoms with van der Waals surface area (Å²) >= 11 is 1.74. The Hall–Kier alpha value is -5.26. The minimum atomic E-state index is -4.34. The van der Waals surface area contributed by atoms with Crippen molar-refractivity contribution in [2.24, 2.45) is 0 Å². The summed E-state index contributed by atoms with van der Waals surface area (Å²) in [6.45, 7) is 0. The monoisotopic (exact) mass is 607 g/mol. The minimum Gasteiger partial charge on any atom is -0.245 e. The highest BCUT2D eigenvalue weighted by atomic mass is 32.1. The summed E-state index contributed by atoms with van der Waals surface area (Å²) in [6.07, 6.45) is -2.49. The fourth-order valence-corrected chi connectivity index (χ4v) is 7.19. The molecule has 45 heavy (non-hydrogen) atoms. The number of thiophene rings is 1. The Bertz CT molecular complexity index is 2330. The van der Waals surface area contributed by atoms with Gasteiger partial charge in [-0.1, -0.05) is 103 Å². The average molecular weight is 608 g/mol. The highest BCUT2D eigenvalue weighted by molar-refractivity contribution is 7.26. The normalized spacial score (nSPS) is 11.9. The number of pyridine rings is 1. The molecule has 0 saturated heterocycles. The van der Waals surface area contributed by atoms with Gasteiger partial charge in [0.05, 0.1) is 5.56 Å². The molecule has 1 nitrogen and oxygen atoms in total. The van der Waals surface area contributed by atoms with E-state index in [1.54, 1.807) is 11.3 Å². The van der Waals surface area contributed by atoms with E-state index in [1.165, 1.54) is 38.7 Å². The summed E-state index contributed by atoms with van der Waals surface area (Å²) in [5.74, 6) is 0. The van der Waals surface area contributed by atoms with Crippen molar-refractivity contribution < 1.29 is 13.2 Å². The molecule has 5 heteroatoms. The van der Waals surface area contributed by atoms with Crippen molar-refractivity contribution in [2.75, 3.05) is 0 Å². The van der Waals surface area contributed by atoms with E-state index in [0.717, 1.165) is 61.1 Å². The Kier molecular flexibility index (Phi) is 6.50. The zero-order valence-corrected chi connectivity index (χ0v) is 24.7. The zero-order valence-electron chi connectivity index (χ0n) is 23.8. The minimum absolute atomic E-state index is 0.642. The van der Waals surface area contributed by atoms with Crippen LogP contribution in [0.25, 0.3) is 75.6 Å². The molecule has 2 aromatic heterocycles. The predicted octanol–water partition coefficient (Wildman–Crippen LogP) is 12.3. The van der Waals surface area contributed by atoms with Crippen molar-refractivity contribution in [3.8, 4) is 44.5 Å². The summed E-state index contributed by atoms with van der Waals surface area (Å²) in [5, 5.41) is 4.74. The molecular formula is C40H24F3NS. The van der Waals surface area contributed by atoms with E-state index in [1.807, 2.05) is 36.5 Å². The van der Waals surface area contributed by atoms with Crippen LogP contribution in [0.1, 0.15) is 5.56 Å². The van der Waals surface area contributed by atoms with Crippen LogP contribution in [-0.4, -0.2) is 4.98 Å². The van der Waals surface area contributed by atoms with Crippen molar-refractivity contribution >= 4 is 42.4 Å². The fraction of sp³-hybridized carbons (Fsp3) is 0.0250. The Morgan fingerprint density at radius 3 is 1.58 bits per heavy atom. The summed E-state index contributed by atoms with van der Waals surface area (Å²) in [6, 6.07) is 45.6. The van der Waals surface area contributed by atoms with Gasteiger partial charge in [0.2, 0.25) is 0 Å². The van der Waals surface area contributed by atoms with Crippen molar-refractivity contribution in [3.63, 3.8) is 0 Å². The third kappa shape index (κ3) is 5.05. The molecule has 0 spiro atoms. The Labute approximate surface area is 261 Å². The number of rotatable bonds is 4. The van der Waals surface area contributed by atoms with Crippen LogP contribution >= 0.6 is 11.3 Å². The maximum atomic E-state index is 13.0. The molecule has 0 atom stereocenters. The summed E-state index contributed by atoms with van der Waals surface area (Å²) in [7, 11) is 0. The van der Waals surface area contributed by atoms with Crippen molar-refractivity contribution in [2.45, 2.75) is 6.18 Å². The van der Waals surface area contributed by atoms with Gasteiger partial charge < -0.3 is 0 Å². The van der Waals surface area contributed by atoms with Gasteiger partial charge in [-0.2, -0.15) is 13.2 Å². The Morgan fingerprint density at radius 2 is 0.978 bits per heavy atom. The quantitative estimate of drug-likeness (QED) is 0.194. The van der Waals surface area contributed by atoms with Crippen LogP contribution in [-0.2, 0) is 6.18 Å². The predicted molar refractivity (Wildman–Crippen MR) is 181 cm³/mol. The molecule has 0 amide bonds. The molecule has 0 unspecified atom stereocenters. The highest BCUT2D eigenvalue weighted by Crippen LogP contribution is 2.39. The standard InChI is InChI=1S/C40H24F3NS/c41-40(42,43)34-20-18-26(19-21-34)25-6-8-27(9-7-25)31-16-12-29-13-17-32(24-33(29)23-31)28-10-14-30(15-11-28)35-3-1-4-36-37-5-2-22-44-39(37)45-38(35)36/h1-24H. The second-order valence-corrected chi connectivity index (χ2v) is 12.1. The number of nitrogens with zero attached hydrogens (tertiary/aromatic N) is 1. The van der Waals surface area contributed by atoms with Crippen LogP contribution in [0.5, 0.6) is 0 Å². The number of halogens is 3. The van der Waals surface area contributed by atoms with E-state index in [0.29, 0.717) is 0 Å². The largest absolute Gasteiger partial charge is 0.416 e. The van der Waals surface area contributed by atoms with Gasteiger partial charge in [0.25, 0.3) is 0 Å². The number of benzene rings is 6. The summed E-state index contributed by atoms with van der Waals surface area (Å²) in [4.78, 5) is 5.63. The molecule has 0 fully saturated rings. The first kappa shape index (κ1) is 27.3. The first-order valence-electron chi connectivity index (χ1n) is 14.6. The lowest BCUT2D eigenvalue weighted by molar-refractivity contribution is -0.137. The molecule has 0 aliphatic carbocycles. The average Bonchev–Trinajstić information content (AvgIpc) is 3.47. The maximum absolute atomic E-state index is 13.0. The number of hydrogen-bond donors (Lipinski definition) is 0. The molecule has 0 aliphatic rings. The summed E-state index contributed by atoms with van der Waals surface area (Å²) in [5.41, 5.74) is 7.81. The lowest BCUT2D eigenvalue weighted by Gasteiger charge is -2.10. The first-order chi connectivity index (χ1) is 21.9. The second-order valence-electron chi connectivity index (χ2n) is 11.1. The third-order valence-electron chi connectivity index (χ3n) is 8.41. The van der Waals surface area contributed by atoms with Crippen LogP contribution in [0.3, 0.4) is 0 Å². The molecule has 0 radical (unpaired) electrons. The van der Waals surface area contributed by atoms with Gasteiger partial charge in [-0.3, -0.25) is 0 Å². The molecule has 2 heterocycles. The lowest BCUT2D eigenvalue weighted by Crippen LogP contribution is -2.03. The lowest BCUT2D eigenvalue weighted by atomic mass is 9.95. The number of aromatic nitrogens is 1. The van der Waals surface area contributed by atoms with E-state index in [2.05, 4.69) is 89.9 Å². The molecule has 0 saturated carbocycles. The SMILES string of the molecule is FC(F)(F)c1ccc(-c2ccc(-c3ccc4ccc(-c5ccc(-c6cccc7c6sc6ncccc67)cc5)cc4c3)cc2)cc1. The second kappa shape index (κ2) is 10.7. The van der Waals surface area contributed by atoms with Crippen LogP contribution in [0.15, 0.2) is 146 Å².